The van der Waals surface area contributed by atoms with Crippen LogP contribution in [-0.2, 0) is 9.22 Å². The molecule has 1 rings (SSSR count). The van der Waals surface area contributed by atoms with Crippen molar-refractivity contribution in [2.45, 2.75) is 71.2 Å². The Morgan fingerprint density at radius 1 is 1.38 bits per heavy atom. The lowest BCUT2D eigenvalue weighted by molar-refractivity contribution is -0.130. The van der Waals surface area contributed by atoms with Crippen LogP contribution in [0.25, 0.3) is 0 Å². The molecule has 116 valence electrons. The summed E-state index contributed by atoms with van der Waals surface area (Å²) in [6.07, 6.45) is 6.61. The molecule has 0 N–H and O–H groups in total. The molecule has 0 saturated heterocycles. The summed E-state index contributed by atoms with van der Waals surface area (Å²) in [4.78, 5) is 12.5. The van der Waals surface area contributed by atoms with Gasteiger partial charge in [-0.15, -0.1) is 6.58 Å². The number of hydrogen-bond donors (Lipinski definition) is 0. The standard InChI is InChI=1S/C18H28O2Si/c1-7-9-11-12-13-15-16(14-10-8-2)18(3,17(15)19)20-21(4,5)6/h8H,2,7,9-11,14H2,1,3-6H3. The van der Waals surface area contributed by atoms with Crippen LogP contribution in [-0.4, -0.2) is 19.7 Å². The minimum atomic E-state index is -1.79. The van der Waals surface area contributed by atoms with E-state index in [1.807, 2.05) is 13.0 Å². The number of rotatable bonds is 7. The topological polar surface area (TPSA) is 26.3 Å². The summed E-state index contributed by atoms with van der Waals surface area (Å²) >= 11 is 0. The lowest BCUT2D eigenvalue weighted by Crippen LogP contribution is -2.55. The Kier molecular flexibility index (Phi) is 6.19. The number of carbonyl (C=O) groups is 1. The molecule has 0 aromatic carbocycles. The molecular weight excluding hydrogens is 276 g/mol. The van der Waals surface area contributed by atoms with E-state index in [2.05, 4.69) is 45.0 Å². The number of hydrogen-bond acceptors (Lipinski definition) is 2. The van der Waals surface area contributed by atoms with Gasteiger partial charge in [0.05, 0.1) is 5.57 Å². The van der Waals surface area contributed by atoms with Crippen molar-refractivity contribution in [2.24, 2.45) is 0 Å². The maximum absolute atomic E-state index is 12.5. The van der Waals surface area contributed by atoms with Crippen LogP contribution in [0.1, 0.15) is 46.0 Å². The van der Waals surface area contributed by atoms with Crippen molar-refractivity contribution in [1.82, 2.24) is 0 Å². The second-order valence-corrected chi connectivity index (χ2v) is 11.1. The van der Waals surface area contributed by atoms with E-state index in [4.69, 9.17) is 4.43 Å². The van der Waals surface area contributed by atoms with Crippen molar-refractivity contribution in [2.75, 3.05) is 0 Å². The van der Waals surface area contributed by atoms with Crippen molar-refractivity contribution in [3.8, 4) is 11.8 Å². The molecule has 0 saturated carbocycles. The summed E-state index contributed by atoms with van der Waals surface area (Å²) in [5, 5.41) is 0. The molecule has 1 atom stereocenters. The van der Waals surface area contributed by atoms with E-state index in [9.17, 15) is 4.79 Å². The number of Topliss-reactive ketones (excluding diaryl/α,β-unsaturated/α-hetero) is 1. The van der Waals surface area contributed by atoms with E-state index < -0.39 is 13.9 Å². The zero-order chi connectivity index (χ0) is 16.1. The molecule has 0 bridgehead atoms. The minimum absolute atomic E-state index is 0.0629. The highest BCUT2D eigenvalue weighted by atomic mass is 28.4. The lowest BCUT2D eigenvalue weighted by atomic mass is 9.71. The largest absolute Gasteiger partial charge is 0.402 e. The number of allylic oxidation sites excluding steroid dienone is 1. The first kappa shape index (κ1) is 17.9. The Hall–Kier alpha value is -1.11. The maximum atomic E-state index is 12.5. The fraction of sp³-hybridized carbons (Fsp3) is 0.611. The van der Waals surface area contributed by atoms with Crippen molar-refractivity contribution in [1.29, 1.82) is 0 Å². The van der Waals surface area contributed by atoms with Gasteiger partial charge in [0.1, 0.15) is 5.60 Å². The average molecular weight is 305 g/mol. The molecule has 21 heavy (non-hydrogen) atoms. The number of unbranched alkanes of at least 4 members (excludes halogenated alkanes) is 2. The molecule has 0 radical (unpaired) electrons. The molecule has 0 spiro atoms. The maximum Gasteiger partial charge on any atom is 0.205 e. The van der Waals surface area contributed by atoms with Crippen molar-refractivity contribution >= 4 is 14.1 Å². The van der Waals surface area contributed by atoms with Crippen LogP contribution < -0.4 is 0 Å². The van der Waals surface area contributed by atoms with Gasteiger partial charge in [-0.25, -0.2) is 0 Å². The number of ketones is 1. The highest BCUT2D eigenvalue weighted by Gasteiger charge is 2.51. The summed E-state index contributed by atoms with van der Waals surface area (Å²) in [6.45, 7) is 14.2. The van der Waals surface area contributed by atoms with Crippen molar-refractivity contribution < 1.29 is 9.22 Å². The molecule has 0 aromatic heterocycles. The fourth-order valence-electron chi connectivity index (χ4n) is 2.57. The van der Waals surface area contributed by atoms with Gasteiger partial charge in [0, 0.05) is 6.42 Å². The average Bonchev–Trinajstić information content (AvgIpc) is 2.38. The summed E-state index contributed by atoms with van der Waals surface area (Å²) in [6, 6.07) is 0. The lowest BCUT2D eigenvalue weighted by Gasteiger charge is -2.43. The molecule has 1 aliphatic rings. The number of carbonyl (C=O) groups excluding carboxylic acids is 1. The first-order valence-electron chi connectivity index (χ1n) is 7.84. The van der Waals surface area contributed by atoms with Gasteiger partial charge >= 0.3 is 0 Å². The molecule has 0 amide bonds. The molecule has 1 aliphatic carbocycles. The first-order valence-corrected chi connectivity index (χ1v) is 11.3. The van der Waals surface area contributed by atoms with Crippen LogP contribution in [0.5, 0.6) is 0 Å². The van der Waals surface area contributed by atoms with Gasteiger partial charge in [-0.2, -0.15) is 0 Å². The normalized spacial score (nSPS) is 21.7. The van der Waals surface area contributed by atoms with Crippen LogP contribution in [0.15, 0.2) is 23.8 Å². The Morgan fingerprint density at radius 2 is 2.05 bits per heavy atom. The minimum Gasteiger partial charge on any atom is -0.402 e. The van der Waals surface area contributed by atoms with E-state index in [-0.39, 0.29) is 5.78 Å². The molecule has 0 aromatic rings. The Labute approximate surface area is 130 Å². The summed E-state index contributed by atoms with van der Waals surface area (Å²) in [5.41, 5.74) is 1.01. The van der Waals surface area contributed by atoms with Gasteiger partial charge < -0.3 is 4.43 Å². The summed E-state index contributed by atoms with van der Waals surface area (Å²) < 4.78 is 6.17. The van der Waals surface area contributed by atoms with E-state index in [0.717, 1.165) is 37.7 Å². The Morgan fingerprint density at radius 3 is 2.57 bits per heavy atom. The predicted molar refractivity (Wildman–Crippen MR) is 91.6 cm³/mol. The van der Waals surface area contributed by atoms with Crippen molar-refractivity contribution in [3.63, 3.8) is 0 Å². The zero-order valence-electron chi connectivity index (χ0n) is 14.1. The van der Waals surface area contributed by atoms with Crippen LogP contribution in [0.2, 0.25) is 19.6 Å². The third-order valence-corrected chi connectivity index (χ3v) is 4.54. The first-order chi connectivity index (χ1) is 9.76. The smallest absolute Gasteiger partial charge is 0.205 e. The van der Waals surface area contributed by atoms with E-state index in [0.29, 0.717) is 5.57 Å². The van der Waals surface area contributed by atoms with E-state index in [1.54, 1.807) is 0 Å². The molecule has 2 nitrogen and oxygen atoms in total. The highest BCUT2D eigenvalue weighted by molar-refractivity contribution is 6.70. The highest BCUT2D eigenvalue weighted by Crippen LogP contribution is 2.42. The molecule has 0 heterocycles. The second-order valence-electron chi connectivity index (χ2n) is 6.66. The van der Waals surface area contributed by atoms with Gasteiger partial charge in [-0.3, -0.25) is 4.79 Å². The van der Waals surface area contributed by atoms with Gasteiger partial charge in [0.25, 0.3) is 0 Å². The third kappa shape index (κ3) is 4.43. The van der Waals surface area contributed by atoms with Gasteiger partial charge in [-0.1, -0.05) is 31.3 Å². The molecule has 0 aliphatic heterocycles. The quantitative estimate of drug-likeness (QED) is 0.296. The zero-order valence-corrected chi connectivity index (χ0v) is 15.1. The monoisotopic (exact) mass is 304 g/mol. The van der Waals surface area contributed by atoms with Crippen LogP contribution in [0, 0.1) is 11.8 Å². The SMILES string of the molecule is C=CCCC1=C(C#CCCCC)C(=O)C1(C)O[Si](C)(C)C. The summed E-state index contributed by atoms with van der Waals surface area (Å²) in [5.74, 6) is 6.27. The predicted octanol–water partition coefficient (Wildman–Crippen LogP) is 4.64. The molecular formula is C18H28O2Si. The van der Waals surface area contributed by atoms with Crippen LogP contribution in [0.3, 0.4) is 0 Å². The molecule has 0 fully saturated rings. The van der Waals surface area contributed by atoms with E-state index >= 15 is 0 Å². The Balaban J connectivity index is 3.01. The van der Waals surface area contributed by atoms with E-state index in [1.165, 1.54) is 0 Å². The van der Waals surface area contributed by atoms with Crippen LogP contribution >= 0.6 is 0 Å². The van der Waals surface area contributed by atoms with Gasteiger partial charge in [-0.05, 0) is 51.4 Å². The van der Waals surface area contributed by atoms with Crippen molar-refractivity contribution in [3.05, 3.63) is 23.8 Å². The third-order valence-electron chi connectivity index (χ3n) is 3.52. The van der Waals surface area contributed by atoms with Gasteiger partial charge in [0.2, 0.25) is 5.78 Å². The summed E-state index contributed by atoms with van der Waals surface area (Å²) in [7, 11) is -1.79. The molecule has 1 unspecified atom stereocenters. The Bertz CT molecular complexity index is 500. The van der Waals surface area contributed by atoms with Crippen LogP contribution in [0.4, 0.5) is 0 Å². The second kappa shape index (κ2) is 7.24. The molecule has 3 heteroatoms. The van der Waals surface area contributed by atoms with Gasteiger partial charge in [0.15, 0.2) is 8.32 Å². The fourth-order valence-corrected chi connectivity index (χ4v) is 4.01.